The van der Waals surface area contributed by atoms with Crippen LogP contribution in [-0.4, -0.2) is 23.5 Å². The molecule has 1 amide bonds. The van der Waals surface area contributed by atoms with Gasteiger partial charge in [-0.05, 0) is 55.2 Å². The number of aryl methyl sites for hydroxylation is 1. The number of nitrogens with one attached hydrogen (secondary N) is 1. The first-order valence-electron chi connectivity index (χ1n) is 10.9. The number of hydrogen-bond donors (Lipinski definition) is 1. The first kappa shape index (κ1) is 21.2. The van der Waals surface area contributed by atoms with E-state index in [1.807, 2.05) is 78.9 Å². The normalized spacial score (nSPS) is 12.4. The molecule has 1 N–H and O–H groups in total. The summed E-state index contributed by atoms with van der Waals surface area (Å²) in [5.41, 5.74) is 3.91. The number of carbonyl (C=O) groups is 2. The molecule has 1 aliphatic carbocycles. The van der Waals surface area contributed by atoms with Gasteiger partial charge in [0.1, 0.15) is 0 Å². The molecule has 3 aromatic carbocycles. The zero-order valence-corrected chi connectivity index (χ0v) is 18.7. The molecule has 0 saturated carbocycles. The maximum Gasteiger partial charge on any atom is 0.339 e. The molecule has 5 nitrogen and oxygen atoms in total. The van der Waals surface area contributed by atoms with Crippen molar-refractivity contribution >= 4 is 40.2 Å². The van der Waals surface area contributed by atoms with Crippen molar-refractivity contribution in [2.75, 3.05) is 11.9 Å². The van der Waals surface area contributed by atoms with Crippen molar-refractivity contribution in [2.45, 2.75) is 29.1 Å². The Hall–Kier alpha value is -3.64. The fourth-order valence-corrected chi connectivity index (χ4v) is 5.03. The fourth-order valence-electron chi connectivity index (χ4n) is 4.11. The first-order valence-corrected chi connectivity index (χ1v) is 11.7. The fraction of sp³-hybridized carbons (Fsp3) is 0.148. The minimum absolute atomic E-state index is 0.353. The van der Waals surface area contributed by atoms with E-state index in [-0.39, 0.29) is 12.5 Å². The van der Waals surface area contributed by atoms with Crippen molar-refractivity contribution < 1.29 is 14.3 Å². The van der Waals surface area contributed by atoms with Crippen LogP contribution in [0.15, 0.2) is 88.7 Å². The minimum atomic E-state index is -0.478. The number of para-hydroxylation sites is 2. The van der Waals surface area contributed by atoms with Crippen LogP contribution in [0.5, 0.6) is 0 Å². The average Bonchev–Trinajstić information content (AvgIpc) is 3.31. The van der Waals surface area contributed by atoms with Gasteiger partial charge in [-0.3, -0.25) is 9.78 Å². The Kier molecular flexibility index (Phi) is 6.09. The Morgan fingerprint density at radius 1 is 0.909 bits per heavy atom. The van der Waals surface area contributed by atoms with Gasteiger partial charge in [-0.25, -0.2) is 4.79 Å². The van der Waals surface area contributed by atoms with E-state index >= 15 is 0 Å². The van der Waals surface area contributed by atoms with Gasteiger partial charge in [0.05, 0.1) is 16.8 Å². The number of pyridine rings is 1. The molecule has 5 rings (SSSR count). The van der Waals surface area contributed by atoms with Crippen molar-refractivity contribution in [2.24, 2.45) is 0 Å². The number of rotatable bonds is 6. The van der Waals surface area contributed by atoms with E-state index in [9.17, 15) is 9.59 Å². The van der Waals surface area contributed by atoms with E-state index in [0.717, 1.165) is 51.2 Å². The number of benzene rings is 3. The van der Waals surface area contributed by atoms with Crippen LogP contribution in [0.25, 0.3) is 10.9 Å². The topological polar surface area (TPSA) is 68.3 Å². The molecular weight excluding hydrogens is 432 g/mol. The van der Waals surface area contributed by atoms with Gasteiger partial charge < -0.3 is 10.1 Å². The van der Waals surface area contributed by atoms with Crippen LogP contribution in [0.2, 0.25) is 0 Å². The Balaban J connectivity index is 1.30. The van der Waals surface area contributed by atoms with E-state index < -0.39 is 5.97 Å². The Bertz CT molecular complexity index is 1340. The maximum atomic E-state index is 13.0. The third-order valence-corrected chi connectivity index (χ3v) is 6.67. The average molecular weight is 455 g/mol. The predicted molar refractivity (Wildman–Crippen MR) is 130 cm³/mol. The van der Waals surface area contributed by atoms with Gasteiger partial charge in [0, 0.05) is 20.9 Å². The molecule has 0 atom stereocenters. The maximum absolute atomic E-state index is 13.0. The minimum Gasteiger partial charge on any atom is -0.452 e. The summed E-state index contributed by atoms with van der Waals surface area (Å²) >= 11 is 1.56. The lowest BCUT2D eigenvalue weighted by Gasteiger charge is -2.13. The van der Waals surface area contributed by atoms with Gasteiger partial charge >= 0.3 is 5.97 Å². The molecule has 4 aromatic rings. The molecule has 1 aliphatic rings. The quantitative estimate of drug-likeness (QED) is 0.380. The summed E-state index contributed by atoms with van der Waals surface area (Å²) in [4.78, 5) is 32.4. The number of nitrogens with zero attached hydrogens (tertiary/aromatic N) is 1. The number of esters is 1. The molecule has 0 fully saturated rings. The van der Waals surface area contributed by atoms with Crippen LogP contribution in [0.1, 0.15) is 28.0 Å². The molecule has 6 heteroatoms. The van der Waals surface area contributed by atoms with Crippen LogP contribution in [0, 0.1) is 0 Å². The van der Waals surface area contributed by atoms with Crippen LogP contribution in [0.4, 0.5) is 5.69 Å². The van der Waals surface area contributed by atoms with Gasteiger partial charge in [0.2, 0.25) is 0 Å². The van der Waals surface area contributed by atoms with Crippen molar-refractivity contribution in [3.63, 3.8) is 0 Å². The summed E-state index contributed by atoms with van der Waals surface area (Å²) in [5.74, 6) is -0.853. The molecule has 1 aromatic heterocycles. The highest BCUT2D eigenvalue weighted by Gasteiger charge is 2.25. The van der Waals surface area contributed by atoms with Crippen molar-refractivity contribution in [3.8, 4) is 0 Å². The summed E-state index contributed by atoms with van der Waals surface area (Å²) in [5, 5.41) is 3.65. The Labute approximate surface area is 196 Å². The van der Waals surface area contributed by atoms with Gasteiger partial charge in [0.15, 0.2) is 6.61 Å². The third kappa shape index (κ3) is 4.61. The first-order chi connectivity index (χ1) is 16.2. The summed E-state index contributed by atoms with van der Waals surface area (Å²) < 4.78 is 5.47. The smallest absolute Gasteiger partial charge is 0.339 e. The van der Waals surface area contributed by atoms with E-state index in [0.29, 0.717) is 11.3 Å². The second-order valence-electron chi connectivity index (χ2n) is 7.82. The monoisotopic (exact) mass is 454 g/mol. The van der Waals surface area contributed by atoms with Crippen LogP contribution >= 0.6 is 11.8 Å². The molecule has 0 bridgehead atoms. The lowest BCUT2D eigenvalue weighted by Crippen LogP contribution is -2.22. The van der Waals surface area contributed by atoms with Gasteiger partial charge in [-0.15, -0.1) is 0 Å². The number of carbonyl (C=O) groups excluding carboxylic acids is 2. The van der Waals surface area contributed by atoms with Crippen molar-refractivity contribution in [1.29, 1.82) is 0 Å². The number of hydrogen-bond acceptors (Lipinski definition) is 5. The lowest BCUT2D eigenvalue weighted by atomic mass is 10.0. The SMILES string of the molecule is O=C(COC(=O)c1c2c(nc3ccccc13)CCC2)Nc1ccccc1Sc1ccccc1. The number of fused-ring (bicyclic) bond motifs is 2. The number of anilines is 1. The van der Waals surface area contributed by atoms with Crippen molar-refractivity contribution in [3.05, 3.63) is 95.7 Å². The zero-order valence-electron chi connectivity index (χ0n) is 17.9. The summed E-state index contributed by atoms with van der Waals surface area (Å²) in [7, 11) is 0. The third-order valence-electron chi connectivity index (χ3n) is 5.59. The van der Waals surface area contributed by atoms with Crippen LogP contribution < -0.4 is 5.32 Å². The molecule has 1 heterocycles. The molecular formula is C27H22N2O3S. The summed E-state index contributed by atoms with van der Waals surface area (Å²) in [6.07, 6.45) is 2.62. The largest absolute Gasteiger partial charge is 0.452 e. The number of aromatic nitrogens is 1. The van der Waals surface area contributed by atoms with E-state index in [1.165, 1.54) is 0 Å². The molecule has 0 aliphatic heterocycles. The van der Waals surface area contributed by atoms with Gasteiger partial charge in [-0.1, -0.05) is 60.3 Å². The molecule has 0 unspecified atom stereocenters. The second kappa shape index (κ2) is 9.46. The van der Waals surface area contributed by atoms with E-state index in [2.05, 4.69) is 5.32 Å². The van der Waals surface area contributed by atoms with Crippen molar-refractivity contribution in [1.82, 2.24) is 4.98 Å². The summed E-state index contributed by atoms with van der Waals surface area (Å²) in [6, 6.07) is 25.1. The molecule has 0 radical (unpaired) electrons. The highest BCUT2D eigenvalue weighted by Crippen LogP contribution is 2.33. The highest BCUT2D eigenvalue weighted by atomic mass is 32.2. The van der Waals surface area contributed by atoms with Gasteiger partial charge in [0.25, 0.3) is 5.91 Å². The number of amides is 1. The number of ether oxygens (including phenoxy) is 1. The van der Waals surface area contributed by atoms with Crippen LogP contribution in [-0.2, 0) is 22.4 Å². The standard InChI is InChI=1S/C27H22N2O3S/c30-25(29-23-14-6-7-16-24(23)33-18-9-2-1-3-10-18)17-32-27(31)26-19-11-4-5-13-21(19)28-22-15-8-12-20(22)26/h1-7,9-11,13-14,16H,8,12,15,17H2,(H,29,30). The molecule has 0 saturated heterocycles. The zero-order chi connectivity index (χ0) is 22.6. The predicted octanol–water partition coefficient (Wildman–Crippen LogP) is 5.67. The summed E-state index contributed by atoms with van der Waals surface area (Å²) in [6.45, 7) is -0.353. The Morgan fingerprint density at radius 3 is 2.55 bits per heavy atom. The van der Waals surface area contributed by atoms with E-state index in [4.69, 9.17) is 9.72 Å². The molecule has 33 heavy (non-hydrogen) atoms. The molecule has 164 valence electrons. The van der Waals surface area contributed by atoms with Crippen LogP contribution in [0.3, 0.4) is 0 Å². The lowest BCUT2D eigenvalue weighted by molar-refractivity contribution is -0.119. The second-order valence-corrected chi connectivity index (χ2v) is 8.93. The molecule has 0 spiro atoms. The van der Waals surface area contributed by atoms with Gasteiger partial charge in [-0.2, -0.15) is 0 Å². The van der Waals surface area contributed by atoms with E-state index in [1.54, 1.807) is 11.8 Å². The Morgan fingerprint density at radius 2 is 1.67 bits per heavy atom. The highest BCUT2D eigenvalue weighted by molar-refractivity contribution is 7.99.